The zero-order valence-electron chi connectivity index (χ0n) is 18.4. The van der Waals surface area contributed by atoms with Crippen LogP contribution >= 0.6 is 11.8 Å². The summed E-state index contributed by atoms with van der Waals surface area (Å²) in [7, 11) is 0. The Morgan fingerprint density at radius 2 is 1.18 bits per heavy atom. The topological polar surface area (TPSA) is 99.3 Å². The van der Waals surface area contributed by atoms with Crippen molar-refractivity contribution in [3.63, 3.8) is 0 Å². The number of amides is 4. The summed E-state index contributed by atoms with van der Waals surface area (Å²) in [5.41, 5.74) is 3.74. The summed E-state index contributed by atoms with van der Waals surface area (Å²) < 4.78 is 0. The Morgan fingerprint density at radius 3 is 1.79 bits per heavy atom. The molecule has 3 rings (SSSR count). The van der Waals surface area contributed by atoms with Gasteiger partial charge in [0.25, 0.3) is 0 Å². The molecule has 0 saturated carbocycles. The summed E-state index contributed by atoms with van der Waals surface area (Å²) in [5, 5.41) is 10.7. The maximum Gasteiger partial charge on any atom is 0.323 e. The maximum atomic E-state index is 12.4. The van der Waals surface area contributed by atoms with Gasteiger partial charge in [-0.15, -0.1) is 11.8 Å². The van der Waals surface area contributed by atoms with Gasteiger partial charge < -0.3 is 21.3 Å². The lowest BCUT2D eigenvalue weighted by atomic mass is 10.2. The fourth-order valence-corrected chi connectivity index (χ4v) is 3.49. The Bertz CT molecular complexity index is 1090. The number of aryl methyl sites for hydroxylation is 1. The van der Waals surface area contributed by atoms with Crippen LogP contribution in [0.5, 0.6) is 0 Å². The quantitative estimate of drug-likeness (QED) is 0.363. The Labute approximate surface area is 197 Å². The molecule has 1 unspecified atom stereocenters. The highest BCUT2D eigenvalue weighted by molar-refractivity contribution is 8.01. The Morgan fingerprint density at radius 1 is 0.697 bits per heavy atom. The highest BCUT2D eigenvalue weighted by atomic mass is 32.2. The fourth-order valence-electron chi connectivity index (χ4n) is 2.81. The van der Waals surface area contributed by atoms with E-state index in [1.165, 1.54) is 11.8 Å². The predicted molar refractivity (Wildman–Crippen MR) is 136 cm³/mol. The SMILES string of the molecule is Cc1ccc(NC(=O)CSC(C)C(=O)Nc2ccc(NC(=O)Nc3ccccc3)cc2)cc1. The summed E-state index contributed by atoms with van der Waals surface area (Å²) >= 11 is 1.26. The van der Waals surface area contributed by atoms with Crippen LogP contribution in [-0.4, -0.2) is 28.8 Å². The van der Waals surface area contributed by atoms with Gasteiger partial charge in [0.2, 0.25) is 11.8 Å². The molecule has 0 spiro atoms. The van der Waals surface area contributed by atoms with Gasteiger partial charge in [0.05, 0.1) is 11.0 Å². The van der Waals surface area contributed by atoms with Crippen molar-refractivity contribution in [2.75, 3.05) is 27.0 Å². The lowest BCUT2D eigenvalue weighted by Crippen LogP contribution is -2.25. The van der Waals surface area contributed by atoms with Crippen molar-refractivity contribution in [3.8, 4) is 0 Å². The van der Waals surface area contributed by atoms with E-state index in [1.54, 1.807) is 43.3 Å². The number of rotatable bonds is 8. The van der Waals surface area contributed by atoms with E-state index in [0.29, 0.717) is 17.1 Å². The number of urea groups is 1. The third-order valence-corrected chi connectivity index (χ3v) is 5.75. The van der Waals surface area contributed by atoms with E-state index in [9.17, 15) is 14.4 Å². The smallest absolute Gasteiger partial charge is 0.323 e. The van der Waals surface area contributed by atoms with E-state index in [-0.39, 0.29) is 23.6 Å². The van der Waals surface area contributed by atoms with Crippen LogP contribution in [0, 0.1) is 6.92 Å². The van der Waals surface area contributed by atoms with Gasteiger partial charge in [-0.2, -0.15) is 0 Å². The third kappa shape index (κ3) is 8.01. The first-order valence-corrected chi connectivity index (χ1v) is 11.5. The molecule has 0 aliphatic carbocycles. The van der Waals surface area contributed by atoms with E-state index in [1.807, 2.05) is 49.4 Å². The standard InChI is InChI=1S/C25H26N4O3S/c1-17-8-10-20(11-9-17)26-23(30)16-33-18(2)24(31)27-21-12-14-22(15-13-21)29-25(32)28-19-6-4-3-5-7-19/h3-15,18H,16H2,1-2H3,(H,26,30)(H,27,31)(H2,28,29,32). The molecule has 0 aliphatic heterocycles. The number of hydrogen-bond donors (Lipinski definition) is 4. The Kier molecular flexibility index (Phi) is 8.49. The first-order chi connectivity index (χ1) is 15.9. The highest BCUT2D eigenvalue weighted by Crippen LogP contribution is 2.18. The lowest BCUT2D eigenvalue weighted by Gasteiger charge is -2.13. The summed E-state index contributed by atoms with van der Waals surface area (Å²) in [6.45, 7) is 3.73. The van der Waals surface area contributed by atoms with Crippen molar-refractivity contribution in [2.45, 2.75) is 19.1 Å². The van der Waals surface area contributed by atoms with Crippen LogP contribution in [0.25, 0.3) is 0 Å². The van der Waals surface area contributed by atoms with Crippen LogP contribution in [0.15, 0.2) is 78.9 Å². The van der Waals surface area contributed by atoms with Crippen molar-refractivity contribution >= 4 is 52.4 Å². The molecule has 0 heterocycles. The molecule has 0 bridgehead atoms. The lowest BCUT2D eigenvalue weighted by molar-refractivity contribution is -0.115. The highest BCUT2D eigenvalue weighted by Gasteiger charge is 2.15. The first kappa shape index (κ1) is 23.9. The molecular weight excluding hydrogens is 436 g/mol. The maximum absolute atomic E-state index is 12.4. The van der Waals surface area contributed by atoms with Crippen molar-refractivity contribution in [1.29, 1.82) is 0 Å². The van der Waals surface area contributed by atoms with Crippen molar-refractivity contribution in [3.05, 3.63) is 84.4 Å². The molecule has 7 nitrogen and oxygen atoms in total. The molecule has 170 valence electrons. The zero-order chi connectivity index (χ0) is 23.6. The minimum absolute atomic E-state index is 0.160. The summed E-state index contributed by atoms with van der Waals surface area (Å²) in [6.07, 6.45) is 0. The van der Waals surface area contributed by atoms with Gasteiger partial charge in [0, 0.05) is 22.7 Å². The molecule has 3 aromatic rings. The number of carbonyl (C=O) groups is 3. The van der Waals surface area contributed by atoms with Gasteiger partial charge in [0.15, 0.2) is 0 Å². The van der Waals surface area contributed by atoms with Gasteiger partial charge in [-0.05, 0) is 62.4 Å². The number of carbonyl (C=O) groups excluding carboxylic acids is 3. The number of benzene rings is 3. The average Bonchev–Trinajstić information content (AvgIpc) is 2.81. The molecule has 1 atom stereocenters. The molecule has 0 fully saturated rings. The number of para-hydroxylation sites is 1. The van der Waals surface area contributed by atoms with Crippen LogP contribution in [0.1, 0.15) is 12.5 Å². The predicted octanol–water partition coefficient (Wildman–Crippen LogP) is 5.34. The molecule has 8 heteroatoms. The second-order valence-corrected chi connectivity index (χ2v) is 8.71. The monoisotopic (exact) mass is 462 g/mol. The van der Waals surface area contributed by atoms with Crippen LogP contribution in [0.4, 0.5) is 27.5 Å². The van der Waals surface area contributed by atoms with Gasteiger partial charge in [0.1, 0.15) is 0 Å². The second kappa shape index (κ2) is 11.7. The minimum atomic E-state index is -0.414. The second-order valence-electron chi connectivity index (χ2n) is 7.38. The Hall–Kier alpha value is -3.78. The molecular formula is C25H26N4O3S. The van der Waals surface area contributed by atoms with E-state index in [0.717, 1.165) is 11.3 Å². The molecule has 0 radical (unpaired) electrons. The average molecular weight is 463 g/mol. The number of thioether (sulfide) groups is 1. The molecule has 0 aromatic heterocycles. The fraction of sp³-hybridized carbons (Fsp3) is 0.160. The number of nitrogens with one attached hydrogen (secondary N) is 4. The van der Waals surface area contributed by atoms with Crippen molar-refractivity contribution in [1.82, 2.24) is 0 Å². The van der Waals surface area contributed by atoms with Crippen LogP contribution in [-0.2, 0) is 9.59 Å². The van der Waals surface area contributed by atoms with Gasteiger partial charge >= 0.3 is 6.03 Å². The first-order valence-electron chi connectivity index (χ1n) is 10.4. The van der Waals surface area contributed by atoms with Gasteiger partial charge in [-0.25, -0.2) is 4.79 Å². The van der Waals surface area contributed by atoms with Crippen molar-refractivity contribution < 1.29 is 14.4 Å². The largest absolute Gasteiger partial charge is 0.325 e. The van der Waals surface area contributed by atoms with Gasteiger partial charge in [-0.1, -0.05) is 35.9 Å². The van der Waals surface area contributed by atoms with E-state index in [2.05, 4.69) is 21.3 Å². The zero-order valence-corrected chi connectivity index (χ0v) is 19.2. The molecule has 3 aromatic carbocycles. The van der Waals surface area contributed by atoms with Crippen LogP contribution in [0.3, 0.4) is 0 Å². The van der Waals surface area contributed by atoms with E-state index >= 15 is 0 Å². The normalized spacial score (nSPS) is 11.2. The van der Waals surface area contributed by atoms with Crippen LogP contribution < -0.4 is 21.3 Å². The summed E-state index contributed by atoms with van der Waals surface area (Å²) in [5.74, 6) is -0.194. The summed E-state index contributed by atoms with van der Waals surface area (Å²) in [4.78, 5) is 36.6. The third-order valence-electron chi connectivity index (χ3n) is 4.61. The minimum Gasteiger partial charge on any atom is -0.325 e. The molecule has 0 saturated heterocycles. The number of hydrogen-bond acceptors (Lipinski definition) is 4. The molecule has 4 N–H and O–H groups in total. The Balaban J connectivity index is 1.42. The number of anilines is 4. The molecule has 0 aliphatic rings. The molecule has 4 amide bonds. The van der Waals surface area contributed by atoms with E-state index < -0.39 is 5.25 Å². The van der Waals surface area contributed by atoms with E-state index in [4.69, 9.17) is 0 Å². The summed E-state index contributed by atoms with van der Waals surface area (Å²) in [6, 6.07) is 23.1. The van der Waals surface area contributed by atoms with Gasteiger partial charge in [-0.3, -0.25) is 9.59 Å². The van der Waals surface area contributed by atoms with Crippen molar-refractivity contribution in [2.24, 2.45) is 0 Å². The van der Waals surface area contributed by atoms with Crippen LogP contribution in [0.2, 0.25) is 0 Å². The molecule has 33 heavy (non-hydrogen) atoms.